The first kappa shape index (κ1) is 13.7. The van der Waals surface area contributed by atoms with Crippen LogP contribution < -0.4 is 13.1 Å². The zero-order chi connectivity index (χ0) is 13.8. The van der Waals surface area contributed by atoms with Gasteiger partial charge in [-0.05, 0) is 0 Å². The Balaban J connectivity index is 2.11. The summed E-state index contributed by atoms with van der Waals surface area (Å²) in [7, 11) is 0. The Morgan fingerprint density at radius 2 is 0.900 bits per heavy atom. The second-order valence-electron chi connectivity index (χ2n) is 4.48. The van der Waals surface area contributed by atoms with Crippen LogP contribution in [0.4, 0.5) is 0 Å². The molecule has 0 N–H and O–H groups in total. The molecule has 0 spiro atoms. The van der Waals surface area contributed by atoms with Crippen LogP contribution in [0.5, 0.6) is 0 Å². The van der Waals surface area contributed by atoms with E-state index in [-0.39, 0.29) is 0 Å². The molecule has 3 rings (SSSR count). The van der Waals surface area contributed by atoms with Crippen LogP contribution in [0.3, 0.4) is 0 Å². The van der Waals surface area contributed by atoms with Gasteiger partial charge in [0.05, 0.1) is 0 Å². The summed E-state index contributed by atoms with van der Waals surface area (Å²) in [6.45, 7) is 0. The normalized spacial score (nSPS) is 10.7. The van der Waals surface area contributed by atoms with Gasteiger partial charge >= 0.3 is 133 Å². The molecule has 0 radical (unpaired) electrons. The average molecular weight is 385 g/mol. The number of benzene rings is 3. The molecule has 20 heavy (non-hydrogen) atoms. The molecule has 0 aromatic heterocycles. The Morgan fingerprint density at radius 1 is 0.500 bits per heavy atom. The molecule has 0 saturated heterocycles. The Hall–Kier alpha value is -1.30. The monoisotopic (exact) mass is 384 g/mol. The molecular weight excluding hydrogens is 371 g/mol. The molecule has 0 amide bonds. The summed E-state index contributed by atoms with van der Waals surface area (Å²) in [5, 5.41) is 0. The van der Waals surface area contributed by atoms with E-state index in [1.807, 2.05) is 0 Å². The third-order valence-corrected chi connectivity index (χ3v) is 8.77. The van der Waals surface area contributed by atoms with Gasteiger partial charge in [0.25, 0.3) is 0 Å². The van der Waals surface area contributed by atoms with Crippen molar-refractivity contribution in [3.05, 3.63) is 89.4 Å². The van der Waals surface area contributed by atoms with E-state index in [0.717, 1.165) is 4.47 Å². The summed E-state index contributed by atoms with van der Waals surface area (Å²) in [6, 6.07) is 30.6. The first-order valence-corrected chi connectivity index (χ1v) is 10.1. The SMILES string of the molecule is Brc1ccc([As](c2ccccc2)c2ccccc2)cc1. The van der Waals surface area contributed by atoms with Gasteiger partial charge in [-0.15, -0.1) is 0 Å². The Kier molecular flexibility index (Phi) is 4.40. The molecule has 3 aromatic carbocycles. The van der Waals surface area contributed by atoms with Crippen LogP contribution in [0.2, 0.25) is 0 Å². The maximum absolute atomic E-state index is 3.52. The third-order valence-electron chi connectivity index (χ3n) is 3.11. The molecule has 0 fully saturated rings. The van der Waals surface area contributed by atoms with Crippen LogP contribution in [0, 0.1) is 0 Å². The van der Waals surface area contributed by atoms with Crippen LogP contribution in [0.25, 0.3) is 0 Å². The topological polar surface area (TPSA) is 0 Å². The third kappa shape index (κ3) is 3.06. The molecule has 0 aliphatic heterocycles. The van der Waals surface area contributed by atoms with E-state index >= 15 is 0 Å². The fourth-order valence-corrected chi connectivity index (χ4v) is 7.24. The summed E-state index contributed by atoms with van der Waals surface area (Å²) in [4.78, 5) is 0. The predicted molar refractivity (Wildman–Crippen MR) is 91.7 cm³/mol. The molecule has 0 bridgehead atoms. The van der Waals surface area contributed by atoms with Gasteiger partial charge in [-0.3, -0.25) is 0 Å². The molecule has 0 aliphatic rings. The van der Waals surface area contributed by atoms with Gasteiger partial charge in [-0.2, -0.15) is 0 Å². The molecule has 0 nitrogen and oxygen atoms in total. The van der Waals surface area contributed by atoms with Crippen LogP contribution in [0.15, 0.2) is 89.4 Å². The standard InChI is InChI=1S/C18H14AsBr/c20-18-13-11-17(12-14-18)19(15-7-3-1-4-8-15)16-9-5-2-6-10-16/h1-14H. The van der Waals surface area contributed by atoms with E-state index in [2.05, 4.69) is 101 Å². The number of hydrogen-bond donors (Lipinski definition) is 0. The van der Waals surface area contributed by atoms with Crippen LogP contribution >= 0.6 is 15.9 Å². The summed E-state index contributed by atoms with van der Waals surface area (Å²) in [5.74, 6) is 0. The molecule has 0 atom stereocenters. The molecule has 0 aliphatic carbocycles. The van der Waals surface area contributed by atoms with E-state index in [1.165, 1.54) is 13.1 Å². The van der Waals surface area contributed by atoms with Crippen molar-refractivity contribution in [3.63, 3.8) is 0 Å². The second kappa shape index (κ2) is 6.43. The fourth-order valence-electron chi connectivity index (χ4n) is 2.19. The Labute approximate surface area is 132 Å². The van der Waals surface area contributed by atoms with Crippen molar-refractivity contribution in [3.8, 4) is 0 Å². The van der Waals surface area contributed by atoms with Gasteiger partial charge in [0.2, 0.25) is 0 Å². The van der Waals surface area contributed by atoms with Gasteiger partial charge in [-0.25, -0.2) is 0 Å². The quantitative estimate of drug-likeness (QED) is 0.609. The summed E-state index contributed by atoms with van der Waals surface area (Å²) < 4.78 is 5.52. The van der Waals surface area contributed by atoms with Crippen molar-refractivity contribution in [2.45, 2.75) is 0 Å². The maximum atomic E-state index is 3.52. The van der Waals surface area contributed by atoms with Crippen molar-refractivity contribution >= 4 is 43.6 Å². The molecular formula is C18H14AsBr. The number of hydrogen-bond acceptors (Lipinski definition) is 0. The Bertz CT molecular complexity index is 623. The first-order valence-electron chi connectivity index (χ1n) is 6.50. The van der Waals surface area contributed by atoms with Crippen molar-refractivity contribution < 1.29 is 0 Å². The van der Waals surface area contributed by atoms with E-state index in [0.29, 0.717) is 0 Å². The van der Waals surface area contributed by atoms with Crippen LogP contribution in [-0.2, 0) is 0 Å². The van der Waals surface area contributed by atoms with E-state index < -0.39 is 14.7 Å². The van der Waals surface area contributed by atoms with Gasteiger partial charge < -0.3 is 0 Å². The molecule has 98 valence electrons. The second-order valence-corrected chi connectivity index (χ2v) is 10.1. The van der Waals surface area contributed by atoms with Crippen LogP contribution in [0.1, 0.15) is 0 Å². The van der Waals surface area contributed by atoms with Crippen molar-refractivity contribution in [1.29, 1.82) is 0 Å². The first-order chi connectivity index (χ1) is 9.84. The zero-order valence-electron chi connectivity index (χ0n) is 10.9. The summed E-state index contributed by atoms with van der Waals surface area (Å²) >= 11 is 2.09. The molecule has 0 saturated carbocycles. The fraction of sp³-hybridized carbons (Fsp3) is 0. The van der Waals surface area contributed by atoms with Gasteiger partial charge in [0.1, 0.15) is 0 Å². The summed E-state index contributed by atoms with van der Waals surface area (Å²) in [6.07, 6.45) is 0. The van der Waals surface area contributed by atoms with Gasteiger partial charge in [0.15, 0.2) is 0 Å². The van der Waals surface area contributed by atoms with E-state index in [1.54, 1.807) is 0 Å². The average Bonchev–Trinajstić information content (AvgIpc) is 2.52. The van der Waals surface area contributed by atoms with Crippen molar-refractivity contribution in [2.24, 2.45) is 0 Å². The van der Waals surface area contributed by atoms with Crippen LogP contribution in [-0.4, -0.2) is 14.7 Å². The van der Waals surface area contributed by atoms with Crippen molar-refractivity contribution in [2.75, 3.05) is 0 Å². The molecule has 3 aromatic rings. The minimum absolute atomic E-state index is 1.14. The summed E-state index contributed by atoms with van der Waals surface area (Å²) in [5.41, 5.74) is 0. The van der Waals surface area contributed by atoms with E-state index in [9.17, 15) is 0 Å². The van der Waals surface area contributed by atoms with Gasteiger partial charge in [-0.1, -0.05) is 0 Å². The molecule has 0 heterocycles. The van der Waals surface area contributed by atoms with Crippen molar-refractivity contribution in [1.82, 2.24) is 0 Å². The number of halogens is 1. The minimum atomic E-state index is -1.43. The van der Waals surface area contributed by atoms with E-state index in [4.69, 9.17) is 0 Å². The van der Waals surface area contributed by atoms with Gasteiger partial charge in [0, 0.05) is 0 Å². The zero-order valence-corrected chi connectivity index (χ0v) is 14.4. The Morgan fingerprint density at radius 3 is 1.35 bits per heavy atom. The number of rotatable bonds is 3. The molecule has 2 heteroatoms. The predicted octanol–water partition coefficient (Wildman–Crippen LogP) is 2.97. The molecule has 0 unspecified atom stereocenters.